The van der Waals surface area contributed by atoms with E-state index in [-0.39, 0.29) is 28.6 Å². The second-order valence-corrected chi connectivity index (χ2v) is 8.03. The smallest absolute Gasteiger partial charge is 0.359 e. The van der Waals surface area contributed by atoms with Crippen LogP contribution in [0.15, 0.2) is 64.5 Å². The Morgan fingerprint density at radius 2 is 2.06 bits per heavy atom. The van der Waals surface area contributed by atoms with Gasteiger partial charge in [-0.2, -0.15) is 15.0 Å². The lowest BCUT2D eigenvalue weighted by molar-refractivity contribution is -0.118. The molecule has 1 atom stereocenters. The largest absolute Gasteiger partial charge is 0.464 e. The van der Waals surface area contributed by atoms with Crippen LogP contribution in [0.25, 0.3) is 5.69 Å². The van der Waals surface area contributed by atoms with Gasteiger partial charge in [-0.25, -0.2) is 4.79 Å². The number of rotatable bonds is 2. The van der Waals surface area contributed by atoms with Gasteiger partial charge in [-0.15, -0.1) is 0 Å². The number of hydrogen-bond donors (Lipinski definition) is 2. The number of nitrogens with zero attached hydrogens (tertiary/aromatic N) is 3. The molecule has 1 spiro atoms. The molecule has 5 rings (SSSR count). The van der Waals surface area contributed by atoms with Crippen molar-refractivity contribution in [1.82, 2.24) is 9.78 Å². The van der Waals surface area contributed by atoms with Crippen molar-refractivity contribution in [2.45, 2.75) is 5.41 Å². The van der Waals surface area contributed by atoms with Gasteiger partial charge in [-0.3, -0.25) is 4.79 Å². The van der Waals surface area contributed by atoms with Crippen molar-refractivity contribution in [2.75, 3.05) is 12.4 Å². The monoisotopic (exact) mass is 491 g/mol. The van der Waals surface area contributed by atoms with Gasteiger partial charge in [0.1, 0.15) is 17.1 Å². The van der Waals surface area contributed by atoms with Crippen LogP contribution in [0.2, 0.25) is 0 Å². The summed E-state index contributed by atoms with van der Waals surface area (Å²) < 4.78 is 12.8. The van der Waals surface area contributed by atoms with E-state index < -0.39 is 17.3 Å². The number of hydrogen-bond acceptors (Lipinski definition) is 7. The minimum atomic E-state index is -1.75. The zero-order valence-electron chi connectivity index (χ0n) is 16.5. The van der Waals surface area contributed by atoms with E-state index in [4.69, 9.17) is 15.2 Å². The van der Waals surface area contributed by atoms with Crippen molar-refractivity contribution in [1.29, 1.82) is 5.26 Å². The summed E-state index contributed by atoms with van der Waals surface area (Å²) in [5, 5.41) is 17.3. The third kappa shape index (κ3) is 2.45. The van der Waals surface area contributed by atoms with Crippen LogP contribution in [-0.2, 0) is 14.9 Å². The molecule has 2 aliphatic heterocycles. The summed E-state index contributed by atoms with van der Waals surface area (Å²) in [5.74, 6) is -1.53. The predicted molar refractivity (Wildman–Crippen MR) is 116 cm³/mol. The number of halogens is 1. The average molecular weight is 492 g/mol. The van der Waals surface area contributed by atoms with E-state index in [0.717, 1.165) is 0 Å². The molecule has 3 heterocycles. The van der Waals surface area contributed by atoms with Crippen molar-refractivity contribution in [3.05, 3.63) is 81.3 Å². The summed E-state index contributed by atoms with van der Waals surface area (Å²) in [6.45, 7) is 0. The molecule has 9 nitrogen and oxygen atoms in total. The molecule has 2 aromatic carbocycles. The molecule has 158 valence electrons. The average Bonchev–Trinajstić information content (AvgIpc) is 3.30. The van der Waals surface area contributed by atoms with E-state index in [2.05, 4.69) is 26.3 Å². The highest BCUT2D eigenvalue weighted by molar-refractivity contribution is 9.10. The van der Waals surface area contributed by atoms with Crippen LogP contribution in [-0.4, -0.2) is 28.8 Å². The number of para-hydroxylation sites is 1. The first-order valence-electron chi connectivity index (χ1n) is 9.40. The van der Waals surface area contributed by atoms with E-state index in [1.54, 1.807) is 42.5 Å². The summed E-state index contributed by atoms with van der Waals surface area (Å²) in [6, 6.07) is 16.1. The Kier molecular flexibility index (Phi) is 4.32. The lowest BCUT2D eigenvalue weighted by atomic mass is 9.69. The fraction of sp³-hybridized carbons (Fsp3) is 0.0909. The first-order valence-corrected chi connectivity index (χ1v) is 10.2. The molecule has 0 unspecified atom stereocenters. The molecule has 0 saturated carbocycles. The second-order valence-electron chi connectivity index (χ2n) is 7.11. The zero-order valence-corrected chi connectivity index (χ0v) is 18.1. The Balaban J connectivity index is 1.95. The Hall–Kier alpha value is -4.10. The minimum Gasteiger partial charge on any atom is -0.464 e. The Bertz CT molecular complexity index is 1390. The number of amides is 1. The summed E-state index contributed by atoms with van der Waals surface area (Å²) in [5.41, 5.74) is 5.70. The van der Waals surface area contributed by atoms with Gasteiger partial charge in [0, 0.05) is 15.7 Å². The number of nitrogens with two attached hydrogens (primary N) is 1. The molecule has 0 bridgehead atoms. The molecular weight excluding hydrogens is 478 g/mol. The number of nitrogens with one attached hydrogen (secondary N) is 1. The highest BCUT2D eigenvalue weighted by Gasteiger charge is 2.60. The molecule has 2 aliphatic rings. The molecule has 0 saturated heterocycles. The third-order valence-electron chi connectivity index (χ3n) is 5.51. The van der Waals surface area contributed by atoms with Gasteiger partial charge in [0.2, 0.25) is 17.7 Å². The Labute approximate surface area is 190 Å². The van der Waals surface area contributed by atoms with Crippen molar-refractivity contribution in [3.63, 3.8) is 0 Å². The summed E-state index contributed by atoms with van der Waals surface area (Å²) in [6.07, 6.45) is 0. The van der Waals surface area contributed by atoms with Crippen LogP contribution in [0.1, 0.15) is 21.6 Å². The van der Waals surface area contributed by atoms with Gasteiger partial charge in [0.05, 0.1) is 18.4 Å². The maximum atomic E-state index is 13.6. The minimum absolute atomic E-state index is 0.0519. The SMILES string of the molecule is COC(=O)c1nn(-c2ccccc2)c2c1[C@]1(C(=O)Nc3ccc(Br)cc31)C(C#N)=C(N)O2. The summed E-state index contributed by atoms with van der Waals surface area (Å²) >= 11 is 3.42. The zero-order chi connectivity index (χ0) is 22.6. The molecule has 0 fully saturated rings. The highest BCUT2D eigenvalue weighted by atomic mass is 79.9. The number of anilines is 1. The summed E-state index contributed by atoms with van der Waals surface area (Å²) in [7, 11) is 1.21. The number of ether oxygens (including phenoxy) is 2. The quantitative estimate of drug-likeness (QED) is 0.526. The Morgan fingerprint density at radius 3 is 2.75 bits per heavy atom. The van der Waals surface area contributed by atoms with E-state index in [0.29, 0.717) is 21.4 Å². The number of fused-ring (bicyclic) bond motifs is 4. The van der Waals surface area contributed by atoms with Crippen LogP contribution in [0.4, 0.5) is 5.69 Å². The lowest BCUT2D eigenvalue weighted by Gasteiger charge is -2.32. The molecule has 3 aromatic rings. The van der Waals surface area contributed by atoms with Crippen LogP contribution in [0.5, 0.6) is 5.88 Å². The number of aromatic nitrogens is 2. The van der Waals surface area contributed by atoms with Gasteiger partial charge in [0.25, 0.3) is 0 Å². The van der Waals surface area contributed by atoms with E-state index >= 15 is 0 Å². The van der Waals surface area contributed by atoms with Gasteiger partial charge in [-0.05, 0) is 30.3 Å². The maximum absolute atomic E-state index is 13.6. The van der Waals surface area contributed by atoms with E-state index in [1.165, 1.54) is 11.8 Å². The second kappa shape index (κ2) is 6.96. The number of benzene rings is 2. The molecule has 0 radical (unpaired) electrons. The van der Waals surface area contributed by atoms with Gasteiger partial charge in [-0.1, -0.05) is 34.1 Å². The first-order chi connectivity index (χ1) is 15.4. The predicted octanol–water partition coefficient (Wildman–Crippen LogP) is 2.75. The number of carbonyl (C=O) groups is 2. The van der Waals surface area contributed by atoms with Crippen LogP contribution >= 0.6 is 15.9 Å². The molecule has 1 amide bonds. The van der Waals surface area contributed by atoms with Crippen LogP contribution < -0.4 is 15.8 Å². The fourth-order valence-electron chi connectivity index (χ4n) is 4.19. The number of nitriles is 1. The molecule has 0 aliphatic carbocycles. The van der Waals surface area contributed by atoms with Crippen molar-refractivity contribution < 1.29 is 19.1 Å². The normalized spacial score (nSPS) is 18.5. The van der Waals surface area contributed by atoms with E-state index in [1.807, 2.05) is 12.1 Å². The molecule has 32 heavy (non-hydrogen) atoms. The molecule has 3 N–H and O–H groups in total. The Morgan fingerprint density at radius 1 is 1.31 bits per heavy atom. The number of esters is 1. The number of carbonyl (C=O) groups excluding carboxylic acids is 2. The lowest BCUT2D eigenvalue weighted by Crippen LogP contribution is -2.43. The standard InChI is InChI=1S/C22H14BrN5O4/c1-31-20(29)17-16-19(28(27-17)12-5-3-2-4-6-12)32-18(25)14(10-24)22(16)13-9-11(23)7-8-15(13)26-21(22)30/h2-9H,25H2,1H3,(H,26,30)/t22-/m1/s1. The first kappa shape index (κ1) is 19.8. The van der Waals surface area contributed by atoms with Crippen LogP contribution in [0.3, 0.4) is 0 Å². The van der Waals surface area contributed by atoms with E-state index in [9.17, 15) is 14.9 Å². The fourth-order valence-corrected chi connectivity index (χ4v) is 4.55. The van der Waals surface area contributed by atoms with Gasteiger partial charge in [0.15, 0.2) is 5.69 Å². The molecular formula is C22H14BrN5O4. The highest BCUT2D eigenvalue weighted by Crippen LogP contribution is 2.55. The van der Waals surface area contributed by atoms with Gasteiger partial charge < -0.3 is 20.5 Å². The molecule has 1 aromatic heterocycles. The third-order valence-corrected chi connectivity index (χ3v) is 6.01. The van der Waals surface area contributed by atoms with Gasteiger partial charge >= 0.3 is 5.97 Å². The van der Waals surface area contributed by atoms with Crippen molar-refractivity contribution in [3.8, 4) is 17.6 Å². The van der Waals surface area contributed by atoms with Crippen LogP contribution in [0, 0.1) is 11.3 Å². The number of methoxy groups -OCH3 is 1. The molecule has 10 heteroatoms. The van der Waals surface area contributed by atoms with Crippen molar-refractivity contribution >= 4 is 33.5 Å². The summed E-state index contributed by atoms with van der Waals surface area (Å²) in [4.78, 5) is 26.4. The topological polar surface area (TPSA) is 132 Å². The van der Waals surface area contributed by atoms with Crippen molar-refractivity contribution in [2.24, 2.45) is 5.73 Å². The maximum Gasteiger partial charge on any atom is 0.359 e.